The predicted molar refractivity (Wildman–Crippen MR) is 292 cm³/mol. The van der Waals surface area contributed by atoms with Crippen LogP contribution in [0.5, 0.6) is 0 Å². The van der Waals surface area contributed by atoms with Crippen molar-refractivity contribution in [3.8, 4) is 0 Å². The molecule has 1 amide bonds. The zero-order chi connectivity index (χ0) is 48.8. The molecule has 0 aliphatic heterocycles. The van der Waals surface area contributed by atoms with E-state index in [0.717, 1.165) is 51.4 Å². The maximum atomic E-state index is 13.3. The van der Waals surface area contributed by atoms with Gasteiger partial charge in [-0.3, -0.25) is 9.59 Å². The van der Waals surface area contributed by atoms with Gasteiger partial charge in [-0.1, -0.05) is 290 Å². The van der Waals surface area contributed by atoms with Crippen molar-refractivity contribution >= 4 is 11.9 Å². The normalized spacial score (nSPS) is 13.1. The molecule has 6 nitrogen and oxygen atoms in total. The zero-order valence-electron chi connectivity index (χ0n) is 45.6. The van der Waals surface area contributed by atoms with Gasteiger partial charge in [0.05, 0.1) is 25.2 Å². The first-order chi connectivity index (χ1) is 33.0. The van der Waals surface area contributed by atoms with Gasteiger partial charge in [-0.15, -0.1) is 0 Å². The van der Waals surface area contributed by atoms with E-state index in [4.69, 9.17) is 4.74 Å². The Morgan fingerprint density at radius 2 is 0.716 bits per heavy atom. The molecule has 0 radical (unpaired) electrons. The van der Waals surface area contributed by atoms with Crippen LogP contribution in [-0.4, -0.2) is 46.9 Å². The summed E-state index contributed by atoms with van der Waals surface area (Å²) < 4.78 is 5.97. The van der Waals surface area contributed by atoms with E-state index in [9.17, 15) is 19.8 Å². The highest BCUT2D eigenvalue weighted by atomic mass is 16.5. The standard InChI is InChI=1S/C61H119NO5/c1-4-7-10-13-16-19-22-25-28-30-32-34-37-40-43-46-49-52-57(67-61(66)54-51-48-45-42-39-36-27-24-21-18-15-12-9-6-3)55-60(65)62-58(56-63)59(64)53-50-47-44-41-38-35-33-31-29-26-23-20-17-14-11-8-5-2/h36,39,57-59,63-64H,4-35,37-38,40-56H2,1-3H3,(H,62,65)/b39-36-. The lowest BCUT2D eigenvalue weighted by molar-refractivity contribution is -0.151. The minimum absolute atomic E-state index is 0.0798. The Balaban J connectivity index is 4.49. The predicted octanol–water partition coefficient (Wildman–Crippen LogP) is 18.9. The van der Waals surface area contributed by atoms with Gasteiger partial charge < -0.3 is 20.3 Å². The highest BCUT2D eigenvalue weighted by Crippen LogP contribution is 2.19. The molecule has 3 unspecified atom stereocenters. The summed E-state index contributed by atoms with van der Waals surface area (Å²) in [5, 5.41) is 23.9. The van der Waals surface area contributed by atoms with Crippen molar-refractivity contribution in [3.05, 3.63) is 12.2 Å². The number of rotatable bonds is 56. The van der Waals surface area contributed by atoms with Crippen LogP contribution >= 0.6 is 0 Å². The molecule has 67 heavy (non-hydrogen) atoms. The average Bonchev–Trinajstić information content (AvgIpc) is 3.32. The van der Waals surface area contributed by atoms with Crippen molar-refractivity contribution in [2.75, 3.05) is 6.61 Å². The van der Waals surface area contributed by atoms with E-state index in [0.29, 0.717) is 19.3 Å². The second-order valence-corrected chi connectivity index (χ2v) is 21.1. The Morgan fingerprint density at radius 1 is 0.418 bits per heavy atom. The highest BCUT2D eigenvalue weighted by Gasteiger charge is 2.24. The average molecular weight is 947 g/mol. The lowest BCUT2D eigenvalue weighted by Crippen LogP contribution is -2.46. The van der Waals surface area contributed by atoms with Crippen molar-refractivity contribution in [1.29, 1.82) is 0 Å². The third-order valence-electron chi connectivity index (χ3n) is 14.3. The summed E-state index contributed by atoms with van der Waals surface area (Å²) in [4.78, 5) is 26.3. The number of esters is 1. The fraction of sp³-hybridized carbons (Fsp3) is 0.934. The van der Waals surface area contributed by atoms with Gasteiger partial charge in [0.15, 0.2) is 0 Å². The third kappa shape index (κ3) is 50.8. The zero-order valence-corrected chi connectivity index (χ0v) is 45.6. The molecule has 0 spiro atoms. The lowest BCUT2D eigenvalue weighted by Gasteiger charge is -2.24. The van der Waals surface area contributed by atoms with E-state index >= 15 is 0 Å². The Morgan fingerprint density at radius 3 is 1.06 bits per heavy atom. The van der Waals surface area contributed by atoms with Gasteiger partial charge in [0.1, 0.15) is 6.10 Å². The summed E-state index contributed by atoms with van der Waals surface area (Å²) in [5.41, 5.74) is 0. The quantitative estimate of drug-likeness (QED) is 0.0321. The molecular formula is C61H119NO5. The van der Waals surface area contributed by atoms with Gasteiger partial charge in [-0.05, 0) is 51.4 Å². The van der Waals surface area contributed by atoms with Crippen molar-refractivity contribution < 1.29 is 24.5 Å². The summed E-state index contributed by atoms with van der Waals surface area (Å²) in [6.45, 7) is 6.53. The molecule has 0 aliphatic carbocycles. The number of ether oxygens (including phenoxy) is 1. The van der Waals surface area contributed by atoms with Crippen LogP contribution in [0.3, 0.4) is 0 Å². The van der Waals surface area contributed by atoms with Crippen molar-refractivity contribution in [3.63, 3.8) is 0 Å². The molecule has 0 heterocycles. The minimum Gasteiger partial charge on any atom is -0.462 e. The van der Waals surface area contributed by atoms with Crippen molar-refractivity contribution in [2.24, 2.45) is 0 Å². The first-order valence-corrected chi connectivity index (χ1v) is 30.4. The molecule has 6 heteroatoms. The van der Waals surface area contributed by atoms with Gasteiger partial charge in [0, 0.05) is 6.42 Å². The van der Waals surface area contributed by atoms with Crippen LogP contribution in [0.15, 0.2) is 12.2 Å². The van der Waals surface area contributed by atoms with Gasteiger partial charge in [0.25, 0.3) is 0 Å². The topological polar surface area (TPSA) is 95.9 Å². The highest BCUT2D eigenvalue weighted by molar-refractivity contribution is 5.77. The number of carbonyl (C=O) groups excluding carboxylic acids is 2. The molecule has 0 bridgehead atoms. The number of nitrogens with one attached hydrogen (secondary N) is 1. The smallest absolute Gasteiger partial charge is 0.306 e. The molecule has 3 N–H and O–H groups in total. The SMILES string of the molecule is CCCCCCCCC/C=C\CCCCCC(=O)OC(CCCCCCCCCCCCCCCCCCC)CC(=O)NC(CO)C(O)CCCCCCCCCCCCCCCCCCC. The fourth-order valence-electron chi connectivity index (χ4n) is 9.72. The summed E-state index contributed by atoms with van der Waals surface area (Å²) in [6.07, 6.45) is 64.3. The Labute approximate surface area is 419 Å². The second kappa shape index (κ2) is 55.5. The van der Waals surface area contributed by atoms with Crippen LogP contribution in [0.2, 0.25) is 0 Å². The number of hydrogen-bond donors (Lipinski definition) is 3. The molecule has 0 aromatic heterocycles. The largest absolute Gasteiger partial charge is 0.462 e. The molecule has 0 aromatic rings. The molecular weight excluding hydrogens is 827 g/mol. The van der Waals surface area contributed by atoms with Crippen LogP contribution in [0.25, 0.3) is 0 Å². The monoisotopic (exact) mass is 946 g/mol. The number of aliphatic hydroxyl groups excluding tert-OH is 2. The fourth-order valence-corrected chi connectivity index (χ4v) is 9.72. The first kappa shape index (κ1) is 65.6. The van der Waals surface area contributed by atoms with E-state index in [1.165, 1.54) is 244 Å². The Bertz CT molecular complexity index is 1020. The summed E-state index contributed by atoms with van der Waals surface area (Å²) in [6, 6.07) is -0.699. The molecule has 0 fully saturated rings. The molecule has 3 atom stereocenters. The van der Waals surface area contributed by atoms with E-state index in [1.807, 2.05) is 0 Å². The van der Waals surface area contributed by atoms with Crippen LogP contribution < -0.4 is 5.32 Å². The maximum Gasteiger partial charge on any atom is 0.306 e. The van der Waals surface area contributed by atoms with Crippen molar-refractivity contribution in [1.82, 2.24) is 5.32 Å². The number of amides is 1. The van der Waals surface area contributed by atoms with E-state index in [2.05, 4.69) is 38.2 Å². The molecule has 0 saturated carbocycles. The molecule has 0 rings (SSSR count). The molecule has 398 valence electrons. The van der Waals surface area contributed by atoms with Crippen molar-refractivity contribution in [2.45, 2.75) is 360 Å². The van der Waals surface area contributed by atoms with Gasteiger partial charge >= 0.3 is 5.97 Å². The van der Waals surface area contributed by atoms with Crippen LogP contribution in [-0.2, 0) is 14.3 Å². The Hall–Kier alpha value is -1.40. The second-order valence-electron chi connectivity index (χ2n) is 21.1. The number of aliphatic hydroxyl groups is 2. The maximum absolute atomic E-state index is 13.3. The number of hydrogen-bond acceptors (Lipinski definition) is 5. The summed E-state index contributed by atoms with van der Waals surface area (Å²) in [5.74, 6) is -0.467. The lowest BCUT2D eigenvalue weighted by atomic mass is 10.0. The molecule has 0 aromatic carbocycles. The Kier molecular flexibility index (Phi) is 54.4. The first-order valence-electron chi connectivity index (χ1n) is 30.4. The summed E-state index contributed by atoms with van der Waals surface area (Å²) >= 11 is 0. The third-order valence-corrected chi connectivity index (χ3v) is 14.3. The molecule has 0 aliphatic rings. The number of allylic oxidation sites excluding steroid dienone is 2. The number of carbonyl (C=O) groups is 2. The van der Waals surface area contributed by atoms with E-state index in [-0.39, 0.29) is 24.9 Å². The summed E-state index contributed by atoms with van der Waals surface area (Å²) in [7, 11) is 0. The van der Waals surface area contributed by atoms with Gasteiger partial charge in [-0.2, -0.15) is 0 Å². The minimum atomic E-state index is -0.786. The van der Waals surface area contributed by atoms with Crippen LogP contribution in [0.4, 0.5) is 0 Å². The van der Waals surface area contributed by atoms with Crippen LogP contribution in [0, 0.1) is 0 Å². The van der Waals surface area contributed by atoms with E-state index in [1.54, 1.807) is 0 Å². The van der Waals surface area contributed by atoms with Crippen LogP contribution in [0.1, 0.15) is 342 Å². The molecule has 0 saturated heterocycles. The van der Waals surface area contributed by atoms with E-state index < -0.39 is 18.2 Å². The van der Waals surface area contributed by atoms with Gasteiger partial charge in [-0.25, -0.2) is 0 Å². The number of unbranched alkanes of at least 4 members (excludes halogenated alkanes) is 42. The van der Waals surface area contributed by atoms with Gasteiger partial charge in [0.2, 0.25) is 5.91 Å².